The highest BCUT2D eigenvalue weighted by molar-refractivity contribution is 7.92. The number of nitrogens with one attached hydrogen (secondary N) is 3. The number of hydrogen-bond acceptors (Lipinski definition) is 25. The molecular formula is C98H135ClN8O19S4. The number of likely N-dealkylation sites (tertiary alicyclic amines) is 1. The maximum atomic E-state index is 15.1. The number of ether oxygens (including phenoxy) is 6. The van der Waals surface area contributed by atoms with Crippen LogP contribution in [0.15, 0.2) is 97.8 Å². The molecule has 4 N–H and O–H groups in total. The van der Waals surface area contributed by atoms with Crippen molar-refractivity contribution in [1.82, 2.24) is 39.6 Å². The number of sulfonamides is 2. The average Bonchev–Trinajstić information content (AvgIpc) is 1.56. The van der Waals surface area contributed by atoms with Gasteiger partial charge in [0.1, 0.15) is 67.8 Å². The molecule has 32 heteroatoms. The molecule has 4 aromatic heterocycles. The maximum Gasteiger partial charge on any atom is 0.307 e. The lowest BCUT2D eigenvalue weighted by atomic mass is 9.87. The number of aryl methyl sites for hydroxylation is 2. The second kappa shape index (κ2) is 42.9. The Balaban J connectivity index is 0.000000250. The second-order valence-corrected chi connectivity index (χ2v) is 45.1. The Bertz CT molecular complexity index is 5430. The van der Waals surface area contributed by atoms with Crippen molar-refractivity contribution in [3.05, 3.63) is 120 Å². The SMILES string of the molecule is C=CCCCCC[C@H](CC(=O)OC(C)(C)C)C(=O)N1C[C@H](Oc2cc(-c3nc(C(C)C)cs3)nc3c(C)c(OC)ccc23)[C@H](C)[C@H]1C(=O)C[C@]1(C(=O)NS(=O)(=O)C2(C)CC2)C[C@H]1C=C.C=CCCCCC[C@H](CC(=O)OC(C)(C)C)C(=O)O.C=C[C@@H]1C[C@]1(CC(=O)[C@H]1NC[C@H](Oc2cc(-c3nc(C(C)C)cs3)nc3c(C)c(OC)ccc23)[C@@H]1C)C(=O)NS(=O)(=O)C1(C)CC1.Cl. The zero-order valence-corrected chi connectivity index (χ0v) is 82.9. The van der Waals surface area contributed by atoms with E-state index in [4.69, 9.17) is 53.5 Å². The van der Waals surface area contributed by atoms with Gasteiger partial charge in [0.25, 0.3) is 0 Å². The summed E-state index contributed by atoms with van der Waals surface area (Å²) in [5.74, 6) is -4.09. The number of carboxylic acids is 1. The average molecular weight is 1890 g/mol. The third-order valence-electron chi connectivity index (χ3n) is 26.0. The Morgan fingerprint density at radius 2 is 1.01 bits per heavy atom. The highest BCUT2D eigenvalue weighted by atomic mass is 35.5. The standard InChI is InChI=1S/C49H66N4O9S2.C34H42N4O6S2.C15H26O4.ClH/c1-12-14-15-16-17-18-32(23-41(55)62-47(7,8)9)45(56)53-27-40(31(6)43(53)37(54)26-49(25-33(49)13-2)46(57)52-64(58,59)48(10)21-22-48)61-39-24-35(44-51-36(28-63-44)29(3)4)50-42-30(5)38(60-11)20-19-34(39)42;1-8-21-14-34(21,32(40)38-46(41,42)33(6)11-12-33)15-25(39)30-20(5)28(16-35-30)44-27-13-23(31-37-24(17-45-31)18(2)3)36-29-19(4)26(43-7)10-9-22(27)29;1-5-6-7-8-9-10-12(14(17)18)11-13(16)19-15(2,3)4;/h12-13,19-20,24,28-29,31-33,40,43H,1-2,14-18,21-23,25-27H2,3-11H3,(H,52,57);8-10,13,17-18,20-21,28,30,35H,1,11-12,14-16H2,2-7H3,(H,38,40);5,12H,1,6-11H2,2-4H3,(H,17,18);1H/t31-,32+,33+,40-,43-,49+;20-,21+,28-,30-,34+;12-;/m001./s1. The molecule has 0 radical (unpaired) electrons. The van der Waals surface area contributed by atoms with E-state index >= 15 is 9.59 Å². The van der Waals surface area contributed by atoms with Crippen molar-refractivity contribution in [3.8, 4) is 44.4 Å². The van der Waals surface area contributed by atoms with E-state index in [2.05, 4.69) is 74.2 Å². The number of esters is 2. The Hall–Kier alpha value is -9.01. The van der Waals surface area contributed by atoms with Gasteiger partial charge in [0.05, 0.1) is 94.4 Å². The predicted octanol–water partition coefficient (Wildman–Crippen LogP) is 18.3. The van der Waals surface area contributed by atoms with Gasteiger partial charge in [0.2, 0.25) is 37.8 Å². The number of carbonyl (C=O) groups is 8. The van der Waals surface area contributed by atoms with Gasteiger partial charge in [-0.2, -0.15) is 0 Å². The molecule has 3 amide bonds. The van der Waals surface area contributed by atoms with Gasteiger partial charge in [-0.25, -0.2) is 36.8 Å². The summed E-state index contributed by atoms with van der Waals surface area (Å²) in [6.45, 7) is 45.6. The Kier molecular flexibility index (Phi) is 34.6. The molecule has 6 aliphatic rings. The number of rotatable bonds is 42. The summed E-state index contributed by atoms with van der Waals surface area (Å²) in [7, 11) is -4.58. The smallest absolute Gasteiger partial charge is 0.307 e. The summed E-state index contributed by atoms with van der Waals surface area (Å²) in [5.41, 5.74) is 2.55. The fraction of sp³-hybridized carbons (Fsp3) is 0.592. The van der Waals surface area contributed by atoms with Gasteiger partial charge in [0.15, 0.2) is 11.6 Å². The van der Waals surface area contributed by atoms with Gasteiger partial charge in [-0.3, -0.25) is 47.8 Å². The van der Waals surface area contributed by atoms with E-state index in [0.29, 0.717) is 102 Å². The molecule has 4 aliphatic carbocycles. The van der Waals surface area contributed by atoms with E-state index in [1.165, 1.54) is 16.2 Å². The van der Waals surface area contributed by atoms with Crippen LogP contribution in [0.5, 0.6) is 23.0 Å². The molecule has 2 aromatic carbocycles. The number of thiazole rings is 2. The van der Waals surface area contributed by atoms with Crippen LogP contribution in [0.25, 0.3) is 43.2 Å². The molecule has 0 unspecified atom stereocenters. The number of carbonyl (C=O) groups excluding carboxylic acids is 7. The Morgan fingerprint density at radius 3 is 1.38 bits per heavy atom. The topological polar surface area (TPSA) is 371 Å². The molecule has 6 aromatic rings. The van der Waals surface area contributed by atoms with E-state index < -0.39 is 129 Å². The predicted molar refractivity (Wildman–Crippen MR) is 510 cm³/mol. The van der Waals surface area contributed by atoms with Crippen LogP contribution in [-0.4, -0.2) is 166 Å². The van der Waals surface area contributed by atoms with Crippen molar-refractivity contribution in [3.63, 3.8) is 0 Å². The first kappa shape index (κ1) is 105. The molecule has 4 saturated carbocycles. The van der Waals surface area contributed by atoms with E-state index in [1.807, 2.05) is 81.6 Å². The van der Waals surface area contributed by atoms with Crippen LogP contribution in [0.4, 0.5) is 0 Å². The number of nitrogens with zero attached hydrogens (tertiary/aromatic N) is 5. The molecule has 0 bridgehead atoms. The minimum absolute atomic E-state index is 0. The third kappa shape index (κ3) is 24.9. The number of fused-ring (bicyclic) bond motifs is 2. The largest absolute Gasteiger partial charge is 0.496 e. The summed E-state index contributed by atoms with van der Waals surface area (Å²) in [6.07, 6.45) is 15.6. The third-order valence-corrected chi connectivity index (χ3v) is 32.1. The van der Waals surface area contributed by atoms with Crippen LogP contribution in [0.2, 0.25) is 0 Å². The summed E-state index contributed by atoms with van der Waals surface area (Å²) in [5, 5.41) is 19.5. The minimum atomic E-state index is -3.99. The van der Waals surface area contributed by atoms with Crippen molar-refractivity contribution < 1.29 is 88.7 Å². The van der Waals surface area contributed by atoms with Gasteiger partial charge in [0, 0.05) is 81.9 Å². The number of aromatic nitrogens is 4. The first-order chi connectivity index (χ1) is 60.6. The first-order valence-corrected chi connectivity index (χ1v) is 49.9. The number of halogens is 1. The summed E-state index contributed by atoms with van der Waals surface area (Å²) >= 11 is 3.02. The number of amides is 3. The fourth-order valence-electron chi connectivity index (χ4n) is 17.0. The van der Waals surface area contributed by atoms with Crippen molar-refractivity contribution >= 4 is 124 Å². The van der Waals surface area contributed by atoms with Crippen molar-refractivity contribution in [2.45, 2.75) is 296 Å². The number of carboxylic acid groups (broad SMARTS) is 1. The van der Waals surface area contributed by atoms with E-state index in [9.17, 15) is 45.6 Å². The highest BCUT2D eigenvalue weighted by Crippen LogP contribution is 2.59. The minimum Gasteiger partial charge on any atom is -0.496 e. The van der Waals surface area contributed by atoms with E-state index in [-0.39, 0.29) is 92.5 Å². The number of benzene rings is 2. The molecule has 12 atom stereocenters. The van der Waals surface area contributed by atoms with Crippen LogP contribution in [0, 0.1) is 60.2 Å². The van der Waals surface area contributed by atoms with Crippen LogP contribution < -0.4 is 33.7 Å². The van der Waals surface area contributed by atoms with Gasteiger partial charge in [-0.15, -0.1) is 61.4 Å². The molecule has 12 rings (SSSR count). The zero-order chi connectivity index (χ0) is 95.0. The van der Waals surface area contributed by atoms with Gasteiger partial charge >= 0.3 is 17.9 Å². The fourth-order valence-corrected chi connectivity index (χ4v) is 21.5. The Morgan fingerprint density at radius 1 is 0.592 bits per heavy atom. The number of allylic oxidation sites excluding steroid dienone is 4. The van der Waals surface area contributed by atoms with Crippen LogP contribution in [-0.2, 0) is 67.9 Å². The summed E-state index contributed by atoms with van der Waals surface area (Å²) in [6, 6.07) is 9.71. The first-order valence-electron chi connectivity index (χ1n) is 45.2. The monoisotopic (exact) mass is 1890 g/mol. The zero-order valence-electron chi connectivity index (χ0n) is 78.8. The van der Waals surface area contributed by atoms with Crippen LogP contribution >= 0.6 is 35.1 Å². The number of ketones is 2. The molecule has 6 heterocycles. The summed E-state index contributed by atoms with van der Waals surface area (Å²) < 4.78 is 90.6. The van der Waals surface area contributed by atoms with Crippen molar-refractivity contribution in [2.24, 2.45) is 46.3 Å². The normalized spacial score (nSPS) is 22.6. The van der Waals surface area contributed by atoms with Crippen LogP contribution in [0.3, 0.4) is 0 Å². The number of methoxy groups -OCH3 is 2. The number of unbranched alkanes of at least 4 members (excludes halogenated alkanes) is 6. The lowest BCUT2D eigenvalue weighted by molar-refractivity contribution is -0.160. The van der Waals surface area contributed by atoms with E-state index in [0.717, 1.165) is 89.1 Å². The van der Waals surface area contributed by atoms with Gasteiger partial charge in [-0.05, 0) is 194 Å². The molecule has 6 fully saturated rings. The number of Topliss-reactive ketones (excluding diaryl/α,β-unsaturated/α-hetero) is 2. The molecule has 27 nitrogen and oxygen atoms in total. The molecule has 2 saturated heterocycles. The lowest BCUT2D eigenvalue weighted by Gasteiger charge is -2.30. The highest BCUT2D eigenvalue weighted by Gasteiger charge is 2.65. The van der Waals surface area contributed by atoms with Crippen molar-refractivity contribution in [1.29, 1.82) is 0 Å². The molecule has 2 aliphatic heterocycles. The van der Waals surface area contributed by atoms with Gasteiger partial charge < -0.3 is 43.7 Å². The molecule has 130 heavy (non-hydrogen) atoms. The number of hydrogen-bond donors (Lipinski definition) is 4. The van der Waals surface area contributed by atoms with E-state index in [1.54, 1.807) is 93.1 Å². The quantitative estimate of drug-likeness (QED) is 0.0157. The molecule has 0 spiro atoms. The molecular weight excluding hydrogens is 1760 g/mol. The summed E-state index contributed by atoms with van der Waals surface area (Å²) in [4.78, 5) is 129. The Labute approximate surface area is 781 Å². The van der Waals surface area contributed by atoms with Gasteiger partial charge in [-0.1, -0.05) is 91.5 Å². The van der Waals surface area contributed by atoms with Crippen molar-refractivity contribution in [2.75, 3.05) is 27.3 Å². The molecule has 712 valence electrons. The number of pyridine rings is 2. The van der Waals surface area contributed by atoms with Crippen LogP contribution in [0.1, 0.15) is 260 Å². The lowest BCUT2D eigenvalue weighted by Crippen LogP contribution is -2.48. The number of aliphatic carboxylic acids is 1. The maximum absolute atomic E-state index is 15.1. The second-order valence-electron chi connectivity index (χ2n) is 39.0.